The summed E-state index contributed by atoms with van der Waals surface area (Å²) >= 11 is 3.60. The maximum absolute atomic E-state index is 4.51. The molecular weight excluding hydrogens is 342 g/mol. The number of nitrogens with zero attached hydrogens (tertiary/aromatic N) is 5. The van der Waals surface area contributed by atoms with Gasteiger partial charge in [0.05, 0.1) is 0 Å². The van der Waals surface area contributed by atoms with Crippen molar-refractivity contribution in [1.82, 2.24) is 19.6 Å². The number of hydrogen-bond acceptors (Lipinski definition) is 4. The highest BCUT2D eigenvalue weighted by Gasteiger charge is 2.29. The first-order valence-corrected chi connectivity index (χ1v) is 8.17. The zero-order chi connectivity index (χ0) is 15.1. The molecule has 3 aromatic rings. The van der Waals surface area contributed by atoms with Crippen LogP contribution in [0.4, 0.5) is 5.82 Å². The summed E-state index contributed by atoms with van der Waals surface area (Å²) in [5.41, 5.74) is 2.05. The van der Waals surface area contributed by atoms with Crippen LogP contribution in [0.5, 0.6) is 0 Å². The molecule has 0 radical (unpaired) electrons. The monoisotopic (exact) mass is 357 g/mol. The zero-order valence-electron chi connectivity index (χ0n) is 12.3. The fourth-order valence-electron chi connectivity index (χ4n) is 2.68. The van der Waals surface area contributed by atoms with Gasteiger partial charge in [-0.05, 0) is 24.5 Å². The van der Waals surface area contributed by atoms with Gasteiger partial charge in [0, 0.05) is 36.4 Å². The lowest BCUT2D eigenvalue weighted by Gasteiger charge is -2.19. The van der Waals surface area contributed by atoms with Crippen LogP contribution >= 0.6 is 15.9 Å². The number of aromatic nitrogens is 4. The van der Waals surface area contributed by atoms with Crippen LogP contribution in [0.2, 0.25) is 0 Å². The van der Waals surface area contributed by atoms with Gasteiger partial charge in [-0.25, -0.2) is 4.98 Å². The second kappa shape index (κ2) is 5.35. The molecule has 1 fully saturated rings. The van der Waals surface area contributed by atoms with Gasteiger partial charge >= 0.3 is 0 Å². The molecule has 1 saturated carbocycles. The Bertz CT molecular complexity index is 824. The van der Waals surface area contributed by atoms with Crippen LogP contribution in [-0.4, -0.2) is 26.6 Å². The van der Waals surface area contributed by atoms with Gasteiger partial charge in [0.2, 0.25) is 5.65 Å². The van der Waals surface area contributed by atoms with Crippen LogP contribution in [0.1, 0.15) is 30.1 Å². The van der Waals surface area contributed by atoms with E-state index in [1.807, 2.05) is 31.6 Å². The summed E-state index contributed by atoms with van der Waals surface area (Å²) in [4.78, 5) is 6.62. The fourth-order valence-corrected chi connectivity index (χ4v) is 3.09. The van der Waals surface area contributed by atoms with Crippen molar-refractivity contribution < 1.29 is 0 Å². The molecule has 0 aliphatic heterocycles. The molecule has 0 spiro atoms. The van der Waals surface area contributed by atoms with Crippen LogP contribution in [0.15, 0.2) is 41.1 Å². The van der Waals surface area contributed by atoms with Crippen LogP contribution < -0.4 is 4.90 Å². The number of benzene rings is 1. The molecule has 6 heteroatoms. The lowest BCUT2D eigenvalue weighted by Crippen LogP contribution is -2.19. The largest absolute Gasteiger partial charge is 0.352 e. The van der Waals surface area contributed by atoms with Gasteiger partial charge in [0.15, 0.2) is 5.82 Å². The Kier molecular flexibility index (Phi) is 3.33. The van der Waals surface area contributed by atoms with Gasteiger partial charge in [-0.1, -0.05) is 34.1 Å². The van der Waals surface area contributed by atoms with Gasteiger partial charge in [-0.15, -0.1) is 10.2 Å². The Hall–Kier alpha value is -1.95. The third-order valence-electron chi connectivity index (χ3n) is 4.00. The van der Waals surface area contributed by atoms with E-state index in [1.165, 1.54) is 18.4 Å². The normalized spacial score (nSPS) is 14.5. The van der Waals surface area contributed by atoms with E-state index in [1.54, 1.807) is 0 Å². The van der Waals surface area contributed by atoms with Crippen LogP contribution in [0.3, 0.4) is 0 Å². The van der Waals surface area contributed by atoms with Gasteiger partial charge < -0.3 is 4.90 Å². The van der Waals surface area contributed by atoms with E-state index in [9.17, 15) is 0 Å². The average Bonchev–Trinajstić information content (AvgIpc) is 3.28. The third-order valence-corrected chi connectivity index (χ3v) is 4.78. The summed E-state index contributed by atoms with van der Waals surface area (Å²) in [5, 5.41) is 8.72. The minimum atomic E-state index is 0.568. The van der Waals surface area contributed by atoms with Crippen LogP contribution in [0, 0.1) is 0 Å². The second-order valence-electron chi connectivity index (χ2n) is 5.72. The molecule has 2 heterocycles. The Morgan fingerprint density at radius 1 is 1.27 bits per heavy atom. The number of hydrogen-bond donors (Lipinski definition) is 0. The van der Waals surface area contributed by atoms with Gasteiger partial charge in [-0.2, -0.15) is 0 Å². The van der Waals surface area contributed by atoms with Gasteiger partial charge in [0.1, 0.15) is 5.82 Å². The van der Waals surface area contributed by atoms with Crippen molar-refractivity contribution in [2.45, 2.75) is 25.3 Å². The SMILES string of the molecule is CN(Cc1ccccc1Br)c1nccn2c(C3CC3)nnc12. The van der Waals surface area contributed by atoms with Crippen molar-refractivity contribution >= 4 is 27.4 Å². The summed E-state index contributed by atoms with van der Waals surface area (Å²) in [7, 11) is 2.03. The lowest BCUT2D eigenvalue weighted by atomic mass is 10.2. The minimum Gasteiger partial charge on any atom is -0.352 e. The van der Waals surface area contributed by atoms with Crippen molar-refractivity contribution in [1.29, 1.82) is 0 Å². The molecule has 4 rings (SSSR count). The molecule has 0 bridgehead atoms. The topological polar surface area (TPSA) is 46.3 Å². The first-order chi connectivity index (χ1) is 10.7. The fraction of sp³-hybridized carbons (Fsp3) is 0.312. The van der Waals surface area contributed by atoms with E-state index >= 15 is 0 Å². The molecule has 0 saturated heterocycles. The summed E-state index contributed by atoms with van der Waals surface area (Å²) < 4.78 is 3.19. The van der Waals surface area contributed by atoms with E-state index < -0.39 is 0 Å². The number of fused-ring (bicyclic) bond motifs is 1. The van der Waals surface area contributed by atoms with Crippen LogP contribution in [-0.2, 0) is 6.54 Å². The minimum absolute atomic E-state index is 0.568. The Labute approximate surface area is 137 Å². The van der Waals surface area contributed by atoms with Crippen LogP contribution in [0.25, 0.3) is 5.65 Å². The van der Waals surface area contributed by atoms with Gasteiger partial charge in [-0.3, -0.25) is 4.40 Å². The van der Waals surface area contributed by atoms with E-state index in [4.69, 9.17) is 0 Å². The maximum atomic E-state index is 4.51. The van der Waals surface area contributed by atoms with E-state index in [2.05, 4.69) is 52.5 Å². The highest BCUT2D eigenvalue weighted by molar-refractivity contribution is 9.10. The highest BCUT2D eigenvalue weighted by atomic mass is 79.9. The molecule has 1 aliphatic rings. The van der Waals surface area contributed by atoms with Gasteiger partial charge in [0.25, 0.3) is 0 Å². The molecule has 0 unspecified atom stereocenters. The van der Waals surface area contributed by atoms with E-state index in [-0.39, 0.29) is 0 Å². The van der Waals surface area contributed by atoms with Crippen molar-refractivity contribution in [3.63, 3.8) is 0 Å². The molecule has 2 aromatic heterocycles. The van der Waals surface area contributed by atoms with Crippen molar-refractivity contribution in [3.8, 4) is 0 Å². The molecular formula is C16H16BrN5. The Morgan fingerprint density at radius 3 is 2.86 bits per heavy atom. The lowest BCUT2D eigenvalue weighted by molar-refractivity contribution is 0.875. The molecule has 0 amide bonds. The number of rotatable bonds is 4. The summed E-state index contributed by atoms with van der Waals surface area (Å²) in [6.07, 6.45) is 6.21. The predicted octanol–water partition coefficient (Wildman–Crippen LogP) is 3.40. The zero-order valence-corrected chi connectivity index (χ0v) is 13.9. The molecule has 1 aliphatic carbocycles. The average molecular weight is 358 g/mol. The maximum Gasteiger partial charge on any atom is 0.203 e. The predicted molar refractivity (Wildman–Crippen MR) is 89.0 cm³/mol. The Morgan fingerprint density at radius 2 is 2.09 bits per heavy atom. The first-order valence-electron chi connectivity index (χ1n) is 7.38. The molecule has 112 valence electrons. The first kappa shape index (κ1) is 13.7. The molecule has 5 nitrogen and oxygen atoms in total. The quantitative estimate of drug-likeness (QED) is 0.717. The van der Waals surface area contributed by atoms with Crippen molar-refractivity contribution in [3.05, 3.63) is 52.5 Å². The standard InChI is InChI=1S/C16H16BrN5/c1-21(10-12-4-2-3-5-13(12)17)15-16-20-19-14(11-6-7-11)22(16)9-8-18-15/h2-5,8-9,11H,6-7,10H2,1H3. The third kappa shape index (κ3) is 2.37. The molecule has 0 atom stereocenters. The summed E-state index contributed by atoms with van der Waals surface area (Å²) in [5.74, 6) is 2.49. The molecule has 22 heavy (non-hydrogen) atoms. The van der Waals surface area contributed by atoms with Crippen molar-refractivity contribution in [2.24, 2.45) is 0 Å². The number of anilines is 1. The molecule has 0 N–H and O–H groups in total. The number of halogens is 1. The summed E-state index contributed by atoms with van der Waals surface area (Å²) in [6, 6.07) is 8.23. The molecule has 1 aromatic carbocycles. The second-order valence-corrected chi connectivity index (χ2v) is 6.58. The van der Waals surface area contributed by atoms with E-state index in [0.29, 0.717) is 5.92 Å². The highest BCUT2D eigenvalue weighted by Crippen LogP contribution is 2.39. The van der Waals surface area contributed by atoms with Crippen molar-refractivity contribution in [2.75, 3.05) is 11.9 Å². The smallest absolute Gasteiger partial charge is 0.203 e. The Balaban J connectivity index is 1.69. The summed E-state index contributed by atoms with van der Waals surface area (Å²) in [6.45, 7) is 0.764. The van der Waals surface area contributed by atoms with E-state index in [0.717, 1.165) is 28.3 Å².